The Hall–Kier alpha value is -1.39. The highest BCUT2D eigenvalue weighted by Gasteiger charge is 2.11. The van der Waals surface area contributed by atoms with E-state index in [9.17, 15) is 0 Å². The van der Waals surface area contributed by atoms with Crippen LogP contribution in [-0.4, -0.2) is 22.2 Å². The topological polar surface area (TPSA) is 53.4 Å². The zero-order valence-electron chi connectivity index (χ0n) is 7.81. The first-order valence-corrected chi connectivity index (χ1v) is 4.39. The lowest BCUT2D eigenvalue weighted by molar-refractivity contribution is 0.425. The molecule has 0 unspecified atom stereocenters. The van der Waals surface area contributed by atoms with Gasteiger partial charge < -0.3 is 10.0 Å². The van der Waals surface area contributed by atoms with Crippen LogP contribution in [0.2, 0.25) is 0 Å². The summed E-state index contributed by atoms with van der Waals surface area (Å²) in [4.78, 5) is 4.12. The van der Waals surface area contributed by atoms with Crippen molar-refractivity contribution in [3.63, 3.8) is 0 Å². The van der Waals surface area contributed by atoms with Crippen molar-refractivity contribution in [1.29, 1.82) is 0 Å². The van der Waals surface area contributed by atoms with E-state index in [1.54, 1.807) is 6.07 Å². The molecule has 14 heavy (non-hydrogen) atoms. The lowest BCUT2D eigenvalue weighted by Gasteiger charge is -2.02. The largest absolute Gasteiger partial charge is 0.490 e. The Balaban J connectivity index is 2.63. The summed E-state index contributed by atoms with van der Waals surface area (Å²) in [5.74, 6) is 0. The van der Waals surface area contributed by atoms with Crippen LogP contribution in [0.3, 0.4) is 0 Å². The zero-order valence-corrected chi connectivity index (χ0v) is 7.81. The highest BCUT2D eigenvalue weighted by molar-refractivity contribution is 6.58. The van der Waals surface area contributed by atoms with Crippen LogP contribution in [0.4, 0.5) is 0 Å². The Kier molecular flexibility index (Phi) is 2.23. The van der Waals surface area contributed by atoms with Crippen LogP contribution in [0.25, 0.3) is 10.9 Å². The fourth-order valence-corrected chi connectivity index (χ4v) is 1.41. The van der Waals surface area contributed by atoms with Crippen molar-refractivity contribution in [3.05, 3.63) is 36.0 Å². The molecule has 4 heteroatoms. The van der Waals surface area contributed by atoms with Gasteiger partial charge in [-0.2, -0.15) is 0 Å². The molecule has 0 spiro atoms. The van der Waals surface area contributed by atoms with Crippen LogP contribution in [0, 0.1) is 6.92 Å². The molecule has 3 nitrogen and oxygen atoms in total. The Morgan fingerprint density at radius 3 is 2.71 bits per heavy atom. The number of hydrogen-bond acceptors (Lipinski definition) is 3. The minimum Gasteiger partial charge on any atom is -0.423 e. The van der Waals surface area contributed by atoms with E-state index in [0.717, 1.165) is 16.5 Å². The summed E-state index contributed by atoms with van der Waals surface area (Å²) in [5.41, 5.74) is 2.41. The molecule has 70 valence electrons. The van der Waals surface area contributed by atoms with Gasteiger partial charge in [0.2, 0.25) is 0 Å². The van der Waals surface area contributed by atoms with Crippen molar-refractivity contribution in [2.24, 2.45) is 0 Å². The maximum Gasteiger partial charge on any atom is 0.490 e. The van der Waals surface area contributed by atoms with Crippen LogP contribution in [0.5, 0.6) is 0 Å². The van der Waals surface area contributed by atoms with Crippen molar-refractivity contribution >= 4 is 23.5 Å². The Labute approximate surface area is 82.2 Å². The molecule has 1 aromatic heterocycles. The molecule has 0 saturated heterocycles. The number of benzene rings is 1. The van der Waals surface area contributed by atoms with Gasteiger partial charge in [0.1, 0.15) is 0 Å². The summed E-state index contributed by atoms with van der Waals surface area (Å²) < 4.78 is 0. The van der Waals surface area contributed by atoms with Crippen LogP contribution in [0.1, 0.15) is 5.56 Å². The summed E-state index contributed by atoms with van der Waals surface area (Å²) >= 11 is 0. The highest BCUT2D eigenvalue weighted by Crippen LogP contribution is 2.11. The predicted octanol–water partition coefficient (Wildman–Crippen LogP) is 0.223. The van der Waals surface area contributed by atoms with Gasteiger partial charge in [-0.15, -0.1) is 0 Å². The number of nitrogens with zero attached hydrogens (tertiary/aromatic N) is 1. The third-order valence-electron chi connectivity index (χ3n) is 2.16. The molecule has 0 saturated carbocycles. The normalized spacial score (nSPS) is 10.5. The SMILES string of the molecule is Cc1ccc2ncc(B(O)O)cc2c1. The maximum absolute atomic E-state index is 8.97. The number of rotatable bonds is 1. The number of fused-ring (bicyclic) bond motifs is 1. The fourth-order valence-electron chi connectivity index (χ4n) is 1.41. The Morgan fingerprint density at radius 2 is 2.00 bits per heavy atom. The quantitative estimate of drug-likeness (QED) is 0.628. The first-order valence-electron chi connectivity index (χ1n) is 4.39. The molecule has 2 N–H and O–H groups in total. The molecule has 0 aliphatic rings. The first-order chi connectivity index (χ1) is 6.66. The van der Waals surface area contributed by atoms with Gasteiger partial charge in [0.15, 0.2) is 0 Å². The molecular weight excluding hydrogens is 177 g/mol. The summed E-state index contributed by atoms with van der Waals surface area (Å²) in [5, 5.41) is 18.9. The van der Waals surface area contributed by atoms with Gasteiger partial charge in [0.05, 0.1) is 5.52 Å². The molecule has 0 bridgehead atoms. The average Bonchev–Trinajstić information content (AvgIpc) is 2.16. The van der Waals surface area contributed by atoms with E-state index in [-0.39, 0.29) is 0 Å². The van der Waals surface area contributed by atoms with Crippen LogP contribution >= 0.6 is 0 Å². The van der Waals surface area contributed by atoms with E-state index in [1.165, 1.54) is 6.20 Å². The predicted molar refractivity (Wildman–Crippen MR) is 56.3 cm³/mol. The minimum absolute atomic E-state index is 0.420. The summed E-state index contributed by atoms with van der Waals surface area (Å²) in [6.45, 7) is 1.99. The van der Waals surface area contributed by atoms with Gasteiger partial charge in [-0.1, -0.05) is 17.7 Å². The monoisotopic (exact) mass is 187 g/mol. The molecule has 2 aromatic rings. The van der Waals surface area contributed by atoms with E-state index < -0.39 is 7.12 Å². The number of aryl methyl sites for hydroxylation is 1. The summed E-state index contributed by atoms with van der Waals surface area (Å²) in [7, 11) is -1.45. The number of aromatic nitrogens is 1. The molecule has 1 aromatic carbocycles. The van der Waals surface area contributed by atoms with Crippen molar-refractivity contribution < 1.29 is 10.0 Å². The van der Waals surface area contributed by atoms with Crippen molar-refractivity contribution in [1.82, 2.24) is 4.98 Å². The van der Waals surface area contributed by atoms with E-state index in [4.69, 9.17) is 10.0 Å². The zero-order chi connectivity index (χ0) is 10.1. The number of hydrogen-bond donors (Lipinski definition) is 2. The van der Waals surface area contributed by atoms with E-state index in [2.05, 4.69) is 4.98 Å². The lowest BCUT2D eigenvalue weighted by atomic mass is 9.81. The van der Waals surface area contributed by atoms with Crippen LogP contribution in [-0.2, 0) is 0 Å². The maximum atomic E-state index is 8.97. The second-order valence-electron chi connectivity index (χ2n) is 3.34. The molecule has 0 radical (unpaired) electrons. The van der Waals surface area contributed by atoms with Crippen molar-refractivity contribution in [2.75, 3.05) is 0 Å². The van der Waals surface area contributed by atoms with Crippen LogP contribution < -0.4 is 5.46 Å². The molecule has 0 aliphatic carbocycles. The van der Waals surface area contributed by atoms with Gasteiger partial charge in [-0.25, -0.2) is 0 Å². The van der Waals surface area contributed by atoms with Gasteiger partial charge in [0, 0.05) is 17.0 Å². The van der Waals surface area contributed by atoms with Gasteiger partial charge in [-0.3, -0.25) is 4.98 Å². The Morgan fingerprint density at radius 1 is 1.21 bits per heavy atom. The van der Waals surface area contributed by atoms with E-state index in [0.29, 0.717) is 5.46 Å². The second-order valence-corrected chi connectivity index (χ2v) is 3.34. The summed E-state index contributed by atoms with van der Waals surface area (Å²) in [6, 6.07) is 7.59. The minimum atomic E-state index is -1.45. The van der Waals surface area contributed by atoms with Crippen molar-refractivity contribution in [2.45, 2.75) is 6.92 Å². The van der Waals surface area contributed by atoms with Crippen molar-refractivity contribution in [3.8, 4) is 0 Å². The fraction of sp³-hybridized carbons (Fsp3) is 0.100. The van der Waals surface area contributed by atoms with E-state index in [1.807, 2.05) is 25.1 Å². The third-order valence-corrected chi connectivity index (χ3v) is 2.16. The van der Waals surface area contributed by atoms with Gasteiger partial charge in [-0.05, 0) is 19.1 Å². The third kappa shape index (κ3) is 1.62. The molecule has 2 rings (SSSR count). The lowest BCUT2D eigenvalue weighted by Crippen LogP contribution is -2.29. The molecular formula is C10H10BNO2. The van der Waals surface area contributed by atoms with Gasteiger partial charge in [0.25, 0.3) is 0 Å². The highest BCUT2D eigenvalue weighted by atomic mass is 16.4. The molecule has 0 atom stereocenters. The average molecular weight is 187 g/mol. The Bertz CT molecular complexity index is 471. The standard InChI is InChI=1S/C10H10BNO2/c1-7-2-3-10-8(4-7)5-9(6-12-10)11(13)14/h2-6,13-14H,1H3. The van der Waals surface area contributed by atoms with E-state index >= 15 is 0 Å². The second kappa shape index (κ2) is 3.40. The van der Waals surface area contributed by atoms with Gasteiger partial charge >= 0.3 is 7.12 Å². The van der Waals surface area contributed by atoms with Crippen LogP contribution in [0.15, 0.2) is 30.5 Å². The first kappa shape index (κ1) is 9.18. The molecule has 0 amide bonds. The summed E-state index contributed by atoms with van der Waals surface area (Å²) in [6.07, 6.45) is 1.47. The molecule has 0 aliphatic heterocycles. The molecule has 0 fully saturated rings. The smallest absolute Gasteiger partial charge is 0.423 e. The molecule has 1 heterocycles. The number of pyridine rings is 1.